The zero-order valence-corrected chi connectivity index (χ0v) is 14.6. The van der Waals surface area contributed by atoms with E-state index in [0.717, 1.165) is 30.4 Å². The predicted molar refractivity (Wildman–Crippen MR) is 92.2 cm³/mol. The summed E-state index contributed by atoms with van der Waals surface area (Å²) in [7, 11) is 0. The number of nitrogens with one attached hydrogen (secondary N) is 1. The molecular formula is C19H24N2O4. The second-order valence-corrected chi connectivity index (χ2v) is 7.17. The molecule has 1 saturated heterocycles. The van der Waals surface area contributed by atoms with Crippen LogP contribution in [0.25, 0.3) is 0 Å². The van der Waals surface area contributed by atoms with E-state index in [4.69, 9.17) is 0 Å². The second kappa shape index (κ2) is 6.86. The third-order valence-electron chi connectivity index (χ3n) is 5.63. The van der Waals surface area contributed by atoms with Crippen molar-refractivity contribution in [3.63, 3.8) is 0 Å². The Morgan fingerprint density at radius 3 is 2.64 bits per heavy atom. The van der Waals surface area contributed by atoms with E-state index in [1.54, 1.807) is 12.1 Å². The van der Waals surface area contributed by atoms with E-state index in [1.807, 2.05) is 19.9 Å². The van der Waals surface area contributed by atoms with Crippen molar-refractivity contribution >= 4 is 17.8 Å². The highest BCUT2D eigenvalue weighted by atomic mass is 16.4. The number of carboxylic acids is 1. The Balaban J connectivity index is 1.63. The molecule has 25 heavy (non-hydrogen) atoms. The molecular weight excluding hydrogens is 320 g/mol. The van der Waals surface area contributed by atoms with Crippen LogP contribution in [0, 0.1) is 25.7 Å². The number of carboxylic acid groups (broad SMARTS) is 1. The van der Waals surface area contributed by atoms with Gasteiger partial charge >= 0.3 is 5.97 Å². The summed E-state index contributed by atoms with van der Waals surface area (Å²) in [6.07, 6.45) is 2.87. The molecule has 1 heterocycles. The topological polar surface area (TPSA) is 86.7 Å². The Morgan fingerprint density at radius 1 is 1.20 bits per heavy atom. The van der Waals surface area contributed by atoms with E-state index in [1.165, 1.54) is 4.90 Å². The van der Waals surface area contributed by atoms with Crippen LogP contribution in [-0.4, -0.2) is 46.9 Å². The summed E-state index contributed by atoms with van der Waals surface area (Å²) in [6.45, 7) is 4.21. The lowest BCUT2D eigenvalue weighted by Crippen LogP contribution is -2.47. The molecule has 6 nitrogen and oxygen atoms in total. The van der Waals surface area contributed by atoms with Gasteiger partial charge in [0.1, 0.15) is 6.04 Å². The van der Waals surface area contributed by atoms with Crippen LogP contribution in [-0.2, 0) is 9.59 Å². The van der Waals surface area contributed by atoms with Crippen LogP contribution in [0.5, 0.6) is 0 Å². The van der Waals surface area contributed by atoms with Crippen molar-refractivity contribution < 1.29 is 19.5 Å². The highest BCUT2D eigenvalue weighted by Crippen LogP contribution is 2.42. The number of carbonyl (C=O) groups is 3. The Bertz CT molecular complexity index is 715. The van der Waals surface area contributed by atoms with Crippen LogP contribution in [0.1, 0.15) is 40.7 Å². The lowest BCUT2D eigenvalue weighted by Gasteiger charge is -2.24. The summed E-state index contributed by atoms with van der Waals surface area (Å²) in [5, 5.41) is 12.1. The highest BCUT2D eigenvalue weighted by molar-refractivity contribution is 5.97. The number of benzene rings is 1. The van der Waals surface area contributed by atoms with Crippen molar-refractivity contribution in [2.45, 2.75) is 39.2 Å². The fourth-order valence-corrected chi connectivity index (χ4v) is 4.12. The van der Waals surface area contributed by atoms with Crippen LogP contribution in [0.3, 0.4) is 0 Å². The number of aliphatic carboxylic acids is 1. The maximum absolute atomic E-state index is 12.5. The third-order valence-corrected chi connectivity index (χ3v) is 5.63. The lowest BCUT2D eigenvalue weighted by molar-refractivity contribution is -0.149. The van der Waals surface area contributed by atoms with Crippen molar-refractivity contribution in [2.24, 2.45) is 11.8 Å². The summed E-state index contributed by atoms with van der Waals surface area (Å²) in [6, 6.07) is 4.63. The first-order valence-electron chi connectivity index (χ1n) is 8.76. The Morgan fingerprint density at radius 2 is 1.96 bits per heavy atom. The van der Waals surface area contributed by atoms with Crippen LogP contribution in [0.2, 0.25) is 0 Å². The standard InChI is InChI=1S/C19H24N2O4/c1-11-6-7-13(8-12(11)2)18(23)20-9-16(22)21-10-14-4-3-5-15(14)17(21)19(24)25/h6-8,14-15,17H,3-5,9-10H2,1-2H3,(H,20,23)(H,24,25)/t14-,15+,17+/m0/s1. The molecule has 2 aliphatic rings. The number of rotatable bonds is 4. The number of likely N-dealkylation sites (tertiary alicyclic amines) is 1. The van der Waals surface area contributed by atoms with Crippen LogP contribution in [0.15, 0.2) is 18.2 Å². The van der Waals surface area contributed by atoms with Crippen molar-refractivity contribution in [1.82, 2.24) is 10.2 Å². The molecule has 0 bridgehead atoms. The quantitative estimate of drug-likeness (QED) is 0.871. The Labute approximate surface area is 147 Å². The van der Waals surface area contributed by atoms with E-state index in [2.05, 4.69) is 5.32 Å². The van der Waals surface area contributed by atoms with Gasteiger partial charge < -0.3 is 15.3 Å². The largest absolute Gasteiger partial charge is 0.480 e. The molecule has 1 aromatic rings. The van der Waals surface area contributed by atoms with E-state index < -0.39 is 12.0 Å². The molecule has 3 rings (SSSR count). The molecule has 0 radical (unpaired) electrons. The third kappa shape index (κ3) is 3.38. The molecule has 3 atom stereocenters. The fourth-order valence-electron chi connectivity index (χ4n) is 4.12. The number of hydrogen-bond acceptors (Lipinski definition) is 3. The van der Waals surface area contributed by atoms with Crippen molar-refractivity contribution in [3.8, 4) is 0 Å². The van der Waals surface area contributed by atoms with Gasteiger partial charge in [0.05, 0.1) is 6.54 Å². The number of amides is 2. The minimum absolute atomic E-state index is 0.0527. The molecule has 0 aromatic heterocycles. The summed E-state index contributed by atoms with van der Waals surface area (Å²) in [5.74, 6) is -1.25. The molecule has 1 aliphatic heterocycles. The molecule has 2 amide bonds. The molecule has 0 unspecified atom stereocenters. The Kier molecular flexibility index (Phi) is 4.79. The minimum atomic E-state index is -0.941. The summed E-state index contributed by atoms with van der Waals surface area (Å²) >= 11 is 0. The van der Waals surface area contributed by atoms with E-state index in [9.17, 15) is 19.5 Å². The van der Waals surface area contributed by atoms with Gasteiger partial charge in [-0.05, 0) is 61.8 Å². The van der Waals surface area contributed by atoms with Gasteiger partial charge in [0.25, 0.3) is 5.91 Å². The number of aryl methyl sites for hydroxylation is 2. The molecule has 134 valence electrons. The van der Waals surface area contributed by atoms with E-state index in [-0.39, 0.29) is 30.2 Å². The Hall–Kier alpha value is -2.37. The van der Waals surface area contributed by atoms with Crippen molar-refractivity contribution in [3.05, 3.63) is 34.9 Å². The number of nitrogens with zero attached hydrogens (tertiary/aromatic N) is 1. The van der Waals surface area contributed by atoms with Crippen molar-refractivity contribution in [1.29, 1.82) is 0 Å². The van der Waals surface area contributed by atoms with Gasteiger partial charge in [-0.1, -0.05) is 12.5 Å². The first-order valence-corrected chi connectivity index (χ1v) is 8.76. The number of fused-ring (bicyclic) bond motifs is 1. The van der Waals surface area contributed by atoms with Gasteiger partial charge in [0, 0.05) is 12.1 Å². The van der Waals surface area contributed by atoms with Crippen LogP contribution >= 0.6 is 0 Å². The molecule has 1 saturated carbocycles. The molecule has 0 spiro atoms. The average Bonchev–Trinajstić information content (AvgIpc) is 3.15. The summed E-state index contributed by atoms with van der Waals surface area (Å²) in [5.41, 5.74) is 2.61. The fraction of sp³-hybridized carbons (Fsp3) is 0.526. The first-order chi connectivity index (χ1) is 11.9. The second-order valence-electron chi connectivity index (χ2n) is 7.17. The highest BCUT2D eigenvalue weighted by Gasteiger charge is 2.49. The minimum Gasteiger partial charge on any atom is -0.480 e. The zero-order chi connectivity index (χ0) is 18.1. The summed E-state index contributed by atoms with van der Waals surface area (Å²) < 4.78 is 0. The van der Waals surface area contributed by atoms with Gasteiger partial charge in [-0.3, -0.25) is 9.59 Å². The van der Waals surface area contributed by atoms with E-state index >= 15 is 0 Å². The maximum atomic E-state index is 12.5. The number of carbonyl (C=O) groups excluding carboxylic acids is 2. The zero-order valence-electron chi connectivity index (χ0n) is 14.6. The smallest absolute Gasteiger partial charge is 0.326 e. The van der Waals surface area contributed by atoms with Gasteiger partial charge in [0.2, 0.25) is 5.91 Å². The normalized spacial score (nSPS) is 24.9. The summed E-state index contributed by atoms with van der Waals surface area (Å²) in [4.78, 5) is 37.8. The van der Waals surface area contributed by atoms with E-state index in [0.29, 0.717) is 12.1 Å². The molecule has 2 N–H and O–H groups in total. The maximum Gasteiger partial charge on any atom is 0.326 e. The van der Waals surface area contributed by atoms with Gasteiger partial charge in [-0.15, -0.1) is 0 Å². The monoisotopic (exact) mass is 344 g/mol. The van der Waals surface area contributed by atoms with Crippen LogP contribution < -0.4 is 5.32 Å². The molecule has 1 aromatic carbocycles. The molecule has 6 heteroatoms. The molecule has 1 aliphatic carbocycles. The molecule has 2 fully saturated rings. The average molecular weight is 344 g/mol. The van der Waals surface area contributed by atoms with Gasteiger partial charge in [0.15, 0.2) is 0 Å². The first kappa shape index (κ1) is 17.5. The lowest BCUT2D eigenvalue weighted by atomic mass is 9.94. The predicted octanol–water partition coefficient (Wildman–Crippen LogP) is 1.74. The SMILES string of the molecule is Cc1ccc(C(=O)NCC(=O)N2C[C@@H]3CCC[C@H]3[C@@H]2C(=O)O)cc1C. The van der Waals surface area contributed by atoms with Crippen LogP contribution in [0.4, 0.5) is 0 Å². The van der Waals surface area contributed by atoms with Gasteiger partial charge in [-0.2, -0.15) is 0 Å². The van der Waals surface area contributed by atoms with Crippen molar-refractivity contribution in [2.75, 3.05) is 13.1 Å². The number of hydrogen-bond donors (Lipinski definition) is 2. The van der Waals surface area contributed by atoms with Gasteiger partial charge in [-0.25, -0.2) is 4.79 Å².